The van der Waals surface area contributed by atoms with Crippen LogP contribution in [0.3, 0.4) is 0 Å². The van der Waals surface area contributed by atoms with E-state index in [-0.39, 0.29) is 0 Å². The third kappa shape index (κ3) is 2.61. The normalized spacial score (nSPS) is 12.7. The average molecular weight is 333 g/mol. The van der Waals surface area contributed by atoms with Gasteiger partial charge in [0.1, 0.15) is 5.75 Å². The molecule has 1 aliphatic rings. The van der Waals surface area contributed by atoms with Gasteiger partial charge in [-0.2, -0.15) is 0 Å². The standard InChI is InChI=1S/C16H17BrN2O/c1-20-13-5-6-14(17)15(9-13)19-10-12-4-2-3-11-7-8-18-16(11)12/h2-6,9,18-19H,7-8,10H2,1H3. The van der Waals surface area contributed by atoms with E-state index in [4.69, 9.17) is 4.74 Å². The van der Waals surface area contributed by atoms with Crippen molar-refractivity contribution in [2.45, 2.75) is 13.0 Å². The highest BCUT2D eigenvalue weighted by Gasteiger charge is 2.13. The van der Waals surface area contributed by atoms with Crippen molar-refractivity contribution in [1.29, 1.82) is 0 Å². The van der Waals surface area contributed by atoms with Gasteiger partial charge in [-0.3, -0.25) is 0 Å². The second-order valence-electron chi connectivity index (χ2n) is 4.83. The maximum absolute atomic E-state index is 5.26. The Morgan fingerprint density at radius 1 is 1.30 bits per heavy atom. The first kappa shape index (κ1) is 13.3. The lowest BCUT2D eigenvalue weighted by molar-refractivity contribution is 0.415. The van der Waals surface area contributed by atoms with E-state index in [0.717, 1.165) is 35.4 Å². The number of halogens is 1. The predicted molar refractivity (Wildman–Crippen MR) is 86.7 cm³/mol. The van der Waals surface area contributed by atoms with Crippen LogP contribution >= 0.6 is 15.9 Å². The lowest BCUT2D eigenvalue weighted by Crippen LogP contribution is -2.03. The minimum absolute atomic E-state index is 0.794. The van der Waals surface area contributed by atoms with Crippen molar-refractivity contribution < 1.29 is 4.74 Å². The molecule has 3 nitrogen and oxygen atoms in total. The Labute approximate surface area is 127 Å². The van der Waals surface area contributed by atoms with Crippen LogP contribution in [-0.4, -0.2) is 13.7 Å². The first-order chi connectivity index (χ1) is 9.78. The molecule has 1 aliphatic heterocycles. The molecule has 1 heterocycles. The number of benzene rings is 2. The van der Waals surface area contributed by atoms with Gasteiger partial charge in [-0.15, -0.1) is 0 Å². The molecule has 0 saturated heterocycles. The Balaban J connectivity index is 1.79. The fourth-order valence-corrected chi connectivity index (χ4v) is 2.90. The zero-order valence-corrected chi connectivity index (χ0v) is 13.0. The number of hydrogen-bond acceptors (Lipinski definition) is 3. The van der Waals surface area contributed by atoms with Crippen molar-refractivity contribution >= 4 is 27.3 Å². The molecule has 0 spiro atoms. The first-order valence-electron chi connectivity index (χ1n) is 6.70. The third-order valence-corrected chi connectivity index (χ3v) is 4.27. The van der Waals surface area contributed by atoms with Crippen LogP contribution in [0.4, 0.5) is 11.4 Å². The maximum atomic E-state index is 5.26. The van der Waals surface area contributed by atoms with Crippen LogP contribution in [-0.2, 0) is 13.0 Å². The molecule has 0 unspecified atom stereocenters. The Hall–Kier alpha value is -1.68. The molecule has 0 saturated carbocycles. The van der Waals surface area contributed by atoms with Crippen LogP contribution in [0.2, 0.25) is 0 Å². The highest BCUT2D eigenvalue weighted by atomic mass is 79.9. The van der Waals surface area contributed by atoms with E-state index in [9.17, 15) is 0 Å². The van der Waals surface area contributed by atoms with Gasteiger partial charge in [-0.05, 0) is 45.6 Å². The Morgan fingerprint density at radius 3 is 3.05 bits per heavy atom. The van der Waals surface area contributed by atoms with Crippen LogP contribution in [0.5, 0.6) is 5.75 Å². The van der Waals surface area contributed by atoms with E-state index in [0.29, 0.717) is 0 Å². The van der Waals surface area contributed by atoms with Crippen molar-refractivity contribution in [3.05, 3.63) is 52.0 Å². The van der Waals surface area contributed by atoms with Gasteiger partial charge in [0.2, 0.25) is 0 Å². The number of hydrogen-bond donors (Lipinski definition) is 2. The number of anilines is 2. The number of ether oxygens (including phenoxy) is 1. The van der Waals surface area contributed by atoms with E-state index < -0.39 is 0 Å². The zero-order valence-electron chi connectivity index (χ0n) is 11.4. The van der Waals surface area contributed by atoms with Gasteiger partial charge in [-0.25, -0.2) is 0 Å². The van der Waals surface area contributed by atoms with E-state index in [2.05, 4.69) is 44.8 Å². The SMILES string of the molecule is COc1ccc(Br)c(NCc2cccc3c2NCC3)c1. The van der Waals surface area contributed by atoms with Gasteiger partial charge < -0.3 is 15.4 Å². The maximum Gasteiger partial charge on any atom is 0.121 e. The van der Waals surface area contributed by atoms with Gasteiger partial charge >= 0.3 is 0 Å². The summed E-state index contributed by atoms with van der Waals surface area (Å²) in [5.74, 6) is 0.854. The second kappa shape index (κ2) is 5.75. The number of nitrogens with one attached hydrogen (secondary N) is 2. The molecule has 104 valence electrons. The third-order valence-electron chi connectivity index (χ3n) is 3.58. The van der Waals surface area contributed by atoms with Gasteiger partial charge in [0.15, 0.2) is 0 Å². The molecule has 4 heteroatoms. The summed E-state index contributed by atoms with van der Waals surface area (Å²) in [5, 5.41) is 6.93. The van der Waals surface area contributed by atoms with Crippen molar-refractivity contribution in [3.63, 3.8) is 0 Å². The minimum atomic E-state index is 0.794. The molecule has 2 aromatic carbocycles. The molecule has 0 aromatic heterocycles. The molecule has 2 aromatic rings. The Kier molecular flexibility index (Phi) is 3.83. The Morgan fingerprint density at radius 2 is 2.20 bits per heavy atom. The smallest absolute Gasteiger partial charge is 0.121 e. The quantitative estimate of drug-likeness (QED) is 0.886. The summed E-state index contributed by atoms with van der Waals surface area (Å²) in [4.78, 5) is 0. The second-order valence-corrected chi connectivity index (χ2v) is 5.68. The summed E-state index contributed by atoms with van der Waals surface area (Å²) < 4.78 is 6.30. The van der Waals surface area contributed by atoms with Crippen LogP contribution in [0, 0.1) is 0 Å². The van der Waals surface area contributed by atoms with Crippen LogP contribution in [0.1, 0.15) is 11.1 Å². The molecule has 3 rings (SSSR count). The minimum Gasteiger partial charge on any atom is -0.497 e. The summed E-state index contributed by atoms with van der Waals surface area (Å²) >= 11 is 3.56. The molecule has 0 aliphatic carbocycles. The Bertz CT molecular complexity index is 628. The monoisotopic (exact) mass is 332 g/mol. The van der Waals surface area contributed by atoms with Gasteiger partial charge in [0.05, 0.1) is 12.8 Å². The highest BCUT2D eigenvalue weighted by Crippen LogP contribution is 2.30. The number of fused-ring (bicyclic) bond motifs is 1. The number of methoxy groups -OCH3 is 1. The highest BCUT2D eigenvalue weighted by molar-refractivity contribution is 9.10. The molecular formula is C16H17BrN2O. The van der Waals surface area contributed by atoms with Crippen molar-refractivity contribution in [2.75, 3.05) is 24.3 Å². The molecule has 0 fully saturated rings. The molecule has 0 bridgehead atoms. The predicted octanol–water partition coefficient (Wildman–Crippen LogP) is 4.04. The fourth-order valence-electron chi connectivity index (χ4n) is 2.52. The summed E-state index contributed by atoms with van der Waals surface area (Å²) in [6.45, 7) is 1.83. The van der Waals surface area contributed by atoms with Crippen molar-refractivity contribution in [2.24, 2.45) is 0 Å². The summed E-state index contributed by atoms with van der Waals surface area (Å²) in [7, 11) is 1.68. The van der Waals surface area contributed by atoms with E-state index >= 15 is 0 Å². The van der Waals surface area contributed by atoms with Gasteiger partial charge in [0.25, 0.3) is 0 Å². The van der Waals surface area contributed by atoms with Crippen LogP contribution < -0.4 is 15.4 Å². The molecule has 2 N–H and O–H groups in total. The summed E-state index contributed by atoms with van der Waals surface area (Å²) in [5.41, 5.74) is 5.04. The van der Waals surface area contributed by atoms with E-state index in [1.165, 1.54) is 16.8 Å². The van der Waals surface area contributed by atoms with Gasteiger partial charge in [0, 0.05) is 29.3 Å². The van der Waals surface area contributed by atoms with Crippen LogP contribution in [0.25, 0.3) is 0 Å². The van der Waals surface area contributed by atoms with E-state index in [1.807, 2.05) is 18.2 Å². The number of rotatable bonds is 4. The first-order valence-corrected chi connectivity index (χ1v) is 7.49. The van der Waals surface area contributed by atoms with Crippen molar-refractivity contribution in [3.8, 4) is 5.75 Å². The largest absolute Gasteiger partial charge is 0.497 e. The topological polar surface area (TPSA) is 33.3 Å². The molecule has 0 radical (unpaired) electrons. The summed E-state index contributed by atoms with van der Waals surface area (Å²) in [6, 6.07) is 12.4. The molecular weight excluding hydrogens is 316 g/mol. The molecule has 20 heavy (non-hydrogen) atoms. The zero-order chi connectivity index (χ0) is 13.9. The van der Waals surface area contributed by atoms with Crippen molar-refractivity contribution in [1.82, 2.24) is 0 Å². The lowest BCUT2D eigenvalue weighted by Gasteiger charge is -2.13. The summed E-state index contributed by atoms with van der Waals surface area (Å²) in [6.07, 6.45) is 1.12. The van der Waals surface area contributed by atoms with E-state index in [1.54, 1.807) is 7.11 Å². The number of para-hydroxylation sites is 1. The fraction of sp³-hybridized carbons (Fsp3) is 0.250. The lowest BCUT2D eigenvalue weighted by atomic mass is 10.1. The van der Waals surface area contributed by atoms with Gasteiger partial charge in [-0.1, -0.05) is 18.2 Å². The van der Waals surface area contributed by atoms with Crippen LogP contribution in [0.15, 0.2) is 40.9 Å². The molecule has 0 atom stereocenters. The molecule has 0 amide bonds. The average Bonchev–Trinajstić information content (AvgIpc) is 2.95.